The average Bonchev–Trinajstić information content (AvgIpc) is 3.32. The van der Waals surface area contributed by atoms with Crippen LogP contribution >= 0.6 is 0 Å². The van der Waals surface area contributed by atoms with Crippen molar-refractivity contribution in [1.82, 2.24) is 9.97 Å². The van der Waals surface area contributed by atoms with Gasteiger partial charge in [0.2, 0.25) is 5.95 Å². The van der Waals surface area contributed by atoms with E-state index in [4.69, 9.17) is 14.7 Å². The number of aliphatic hydroxyl groups excluding tert-OH is 1. The zero-order valence-electron chi connectivity index (χ0n) is 15.9. The fourth-order valence-electron chi connectivity index (χ4n) is 4.40. The van der Waals surface area contributed by atoms with E-state index in [0.29, 0.717) is 19.0 Å². The molecular formula is C20H32N4O2. The van der Waals surface area contributed by atoms with Gasteiger partial charge in [-0.2, -0.15) is 4.98 Å². The third-order valence-electron chi connectivity index (χ3n) is 6.19. The number of rotatable bonds is 7. The van der Waals surface area contributed by atoms with Gasteiger partial charge >= 0.3 is 0 Å². The normalized spacial score (nSPS) is 24.2. The highest BCUT2D eigenvalue weighted by Crippen LogP contribution is 2.30. The van der Waals surface area contributed by atoms with Crippen LogP contribution in [-0.4, -0.2) is 61.1 Å². The van der Waals surface area contributed by atoms with Crippen LogP contribution in [0.15, 0.2) is 6.07 Å². The average molecular weight is 361 g/mol. The molecule has 1 aliphatic carbocycles. The van der Waals surface area contributed by atoms with Crippen LogP contribution in [-0.2, 0) is 4.74 Å². The number of aromatic nitrogens is 2. The number of aliphatic hydroxyl groups is 1. The molecule has 2 saturated heterocycles. The van der Waals surface area contributed by atoms with Crippen LogP contribution < -0.4 is 9.80 Å². The van der Waals surface area contributed by atoms with Crippen LogP contribution in [0, 0.1) is 5.92 Å². The van der Waals surface area contributed by atoms with E-state index in [9.17, 15) is 5.11 Å². The Morgan fingerprint density at radius 1 is 1.23 bits per heavy atom. The molecule has 3 fully saturated rings. The highest BCUT2D eigenvalue weighted by molar-refractivity contribution is 5.47. The Balaban J connectivity index is 1.44. The van der Waals surface area contributed by atoms with Crippen molar-refractivity contribution >= 4 is 11.8 Å². The van der Waals surface area contributed by atoms with Crippen molar-refractivity contribution in [3.8, 4) is 0 Å². The maximum Gasteiger partial charge on any atom is 0.227 e. The van der Waals surface area contributed by atoms with Gasteiger partial charge in [0.05, 0.1) is 18.4 Å². The first kappa shape index (κ1) is 18.0. The summed E-state index contributed by atoms with van der Waals surface area (Å²) in [6.07, 6.45) is 9.03. The molecule has 3 heterocycles. The minimum atomic E-state index is -0.246. The van der Waals surface area contributed by atoms with E-state index in [2.05, 4.69) is 22.9 Å². The van der Waals surface area contributed by atoms with Crippen LogP contribution in [0.2, 0.25) is 0 Å². The monoisotopic (exact) mass is 360 g/mol. The summed E-state index contributed by atoms with van der Waals surface area (Å²) in [5.74, 6) is 3.08. The highest BCUT2D eigenvalue weighted by Gasteiger charge is 2.29. The van der Waals surface area contributed by atoms with Crippen LogP contribution in [0.4, 0.5) is 11.8 Å². The van der Waals surface area contributed by atoms with Crippen molar-refractivity contribution < 1.29 is 9.84 Å². The predicted molar refractivity (Wildman–Crippen MR) is 103 cm³/mol. The van der Waals surface area contributed by atoms with Gasteiger partial charge in [0.15, 0.2) is 0 Å². The summed E-state index contributed by atoms with van der Waals surface area (Å²) in [5.41, 5.74) is 1.09. The molecule has 6 nitrogen and oxygen atoms in total. The van der Waals surface area contributed by atoms with Crippen LogP contribution in [0.5, 0.6) is 0 Å². The van der Waals surface area contributed by atoms with Gasteiger partial charge in [-0.3, -0.25) is 0 Å². The van der Waals surface area contributed by atoms with Crippen LogP contribution in [0.1, 0.15) is 56.6 Å². The highest BCUT2D eigenvalue weighted by atomic mass is 16.5. The molecule has 1 saturated carbocycles. The number of anilines is 2. The predicted octanol–water partition coefficient (Wildman–Crippen LogP) is 2.57. The minimum Gasteiger partial charge on any atom is -0.389 e. The maximum atomic E-state index is 9.63. The van der Waals surface area contributed by atoms with E-state index in [-0.39, 0.29) is 6.10 Å². The summed E-state index contributed by atoms with van der Waals surface area (Å²) in [7, 11) is 2.14. The van der Waals surface area contributed by atoms with Gasteiger partial charge in [0.25, 0.3) is 0 Å². The van der Waals surface area contributed by atoms with E-state index >= 15 is 0 Å². The third-order valence-corrected chi connectivity index (χ3v) is 6.19. The van der Waals surface area contributed by atoms with Gasteiger partial charge in [-0.05, 0) is 25.2 Å². The van der Waals surface area contributed by atoms with Crippen molar-refractivity contribution in [2.75, 3.05) is 49.7 Å². The van der Waals surface area contributed by atoms with Gasteiger partial charge in [0, 0.05) is 45.3 Å². The van der Waals surface area contributed by atoms with Gasteiger partial charge in [-0.25, -0.2) is 4.98 Å². The van der Waals surface area contributed by atoms with Crippen molar-refractivity contribution in [2.24, 2.45) is 5.92 Å². The molecule has 1 aromatic heterocycles. The third kappa shape index (κ3) is 4.12. The van der Waals surface area contributed by atoms with E-state index in [1.807, 2.05) is 0 Å². The first-order valence-corrected chi connectivity index (χ1v) is 10.3. The van der Waals surface area contributed by atoms with Gasteiger partial charge in [-0.1, -0.05) is 25.7 Å². The molecule has 144 valence electrons. The van der Waals surface area contributed by atoms with Gasteiger partial charge in [0.1, 0.15) is 5.82 Å². The summed E-state index contributed by atoms with van der Waals surface area (Å²) < 4.78 is 5.56. The van der Waals surface area contributed by atoms with Crippen LogP contribution in [0.3, 0.4) is 0 Å². The molecule has 1 N–H and O–H groups in total. The van der Waals surface area contributed by atoms with Crippen molar-refractivity contribution in [3.05, 3.63) is 11.8 Å². The summed E-state index contributed by atoms with van der Waals surface area (Å²) in [5, 5.41) is 9.63. The standard InChI is InChI=1S/C20H32N4O2/c1-23(9-4-7-15-5-2-3-6-15)19-11-18(16-8-10-26-14-16)21-20(22-19)24-12-17(25)13-24/h11,15-17,25H,2-10,12-14H2,1H3. The first-order chi connectivity index (χ1) is 12.7. The van der Waals surface area contributed by atoms with Crippen molar-refractivity contribution in [2.45, 2.75) is 57.0 Å². The topological polar surface area (TPSA) is 61.7 Å². The van der Waals surface area contributed by atoms with Crippen molar-refractivity contribution in [1.29, 1.82) is 0 Å². The molecule has 0 amide bonds. The second-order valence-corrected chi connectivity index (χ2v) is 8.28. The van der Waals surface area contributed by atoms with E-state index in [0.717, 1.165) is 49.6 Å². The second-order valence-electron chi connectivity index (χ2n) is 8.28. The molecule has 0 aromatic carbocycles. The molecule has 1 aromatic rings. The molecule has 0 bridgehead atoms. The summed E-state index contributed by atoms with van der Waals surface area (Å²) in [6, 6.07) is 2.15. The molecule has 6 heteroatoms. The smallest absolute Gasteiger partial charge is 0.227 e. The number of hydrogen-bond donors (Lipinski definition) is 1. The van der Waals surface area contributed by atoms with E-state index < -0.39 is 0 Å². The molecule has 0 spiro atoms. The molecule has 3 aliphatic rings. The molecular weight excluding hydrogens is 328 g/mol. The van der Waals surface area contributed by atoms with E-state index in [1.54, 1.807) is 0 Å². The molecule has 26 heavy (non-hydrogen) atoms. The quantitative estimate of drug-likeness (QED) is 0.806. The lowest BCUT2D eigenvalue weighted by Crippen LogP contribution is -2.51. The SMILES string of the molecule is CN(CCCC1CCCC1)c1cc(C2CCOC2)nc(N2CC(O)C2)n1. The van der Waals surface area contributed by atoms with E-state index in [1.165, 1.54) is 38.5 Å². The Morgan fingerprint density at radius 3 is 2.73 bits per heavy atom. The fraction of sp³-hybridized carbons (Fsp3) is 0.800. The Morgan fingerprint density at radius 2 is 2.04 bits per heavy atom. The van der Waals surface area contributed by atoms with Gasteiger partial charge < -0.3 is 19.6 Å². The zero-order valence-corrected chi connectivity index (χ0v) is 15.9. The number of hydrogen-bond acceptors (Lipinski definition) is 6. The molecule has 2 aliphatic heterocycles. The largest absolute Gasteiger partial charge is 0.389 e. The minimum absolute atomic E-state index is 0.246. The molecule has 1 atom stereocenters. The lowest BCUT2D eigenvalue weighted by molar-refractivity contribution is 0.140. The Kier molecular flexibility index (Phi) is 5.60. The van der Waals surface area contributed by atoms with Crippen molar-refractivity contribution in [3.63, 3.8) is 0 Å². The number of β-amino-alcohol motifs (C(OH)–C–C–N with tert-alkyl or cyclic N) is 1. The Bertz CT molecular complexity index is 593. The summed E-state index contributed by atoms with van der Waals surface area (Å²) in [6.45, 7) is 3.88. The number of nitrogens with zero attached hydrogens (tertiary/aromatic N) is 4. The fourth-order valence-corrected chi connectivity index (χ4v) is 4.40. The Hall–Kier alpha value is -1.40. The van der Waals surface area contributed by atoms with Gasteiger partial charge in [-0.15, -0.1) is 0 Å². The lowest BCUT2D eigenvalue weighted by Gasteiger charge is -2.36. The Labute approximate surface area is 156 Å². The second kappa shape index (κ2) is 8.09. The molecule has 0 radical (unpaired) electrons. The van der Waals surface area contributed by atoms with Crippen LogP contribution in [0.25, 0.3) is 0 Å². The number of ether oxygens (including phenoxy) is 1. The summed E-state index contributed by atoms with van der Waals surface area (Å²) in [4.78, 5) is 13.9. The maximum absolute atomic E-state index is 9.63. The lowest BCUT2D eigenvalue weighted by atomic mass is 10.0. The molecule has 1 unspecified atom stereocenters. The summed E-state index contributed by atoms with van der Waals surface area (Å²) >= 11 is 0. The first-order valence-electron chi connectivity index (χ1n) is 10.3. The zero-order chi connectivity index (χ0) is 17.9. The molecule has 4 rings (SSSR count).